The SMILES string of the molecule is C1=CC2=NC1=CC1=NC(=C(c3ccccc3)C3=NC(=CC4=NC(=C2c2ccccc2)C=C4)C=C3c2ccccc2)C=C1. The maximum atomic E-state index is 5.23. The number of nitrogens with zero attached hydrogens (tertiary/aromatic N) is 4. The molecular weight excluding hydrogens is 512 g/mol. The molecule has 8 bridgehead atoms. The fraction of sp³-hybridized carbons (Fsp3) is 0. The molecular formula is C38H24N4. The highest BCUT2D eigenvalue weighted by molar-refractivity contribution is 6.47. The third-order valence-corrected chi connectivity index (χ3v) is 7.58. The lowest BCUT2D eigenvalue weighted by atomic mass is 9.91. The van der Waals surface area contributed by atoms with Crippen molar-refractivity contribution in [3.8, 4) is 0 Å². The van der Waals surface area contributed by atoms with Crippen LogP contribution in [0.4, 0.5) is 0 Å². The first-order chi connectivity index (χ1) is 20.8. The molecule has 196 valence electrons. The van der Waals surface area contributed by atoms with Crippen LogP contribution >= 0.6 is 0 Å². The molecule has 0 unspecified atom stereocenters. The fourth-order valence-electron chi connectivity index (χ4n) is 5.68. The first-order valence-electron chi connectivity index (χ1n) is 14.0. The van der Waals surface area contributed by atoms with Gasteiger partial charge in [0, 0.05) is 16.7 Å². The van der Waals surface area contributed by atoms with Crippen LogP contribution in [0.5, 0.6) is 0 Å². The van der Waals surface area contributed by atoms with Gasteiger partial charge in [-0.05, 0) is 71.4 Å². The maximum absolute atomic E-state index is 5.23. The van der Waals surface area contributed by atoms with Crippen molar-refractivity contribution in [3.05, 3.63) is 185 Å². The standard InChI is InChI=1S/C38H24N4/c1-4-10-25(11-5-1)32-24-31-23-30-17-20-34(40-30)36(26-12-6-2-7-13-26)33-19-16-28(39-33)22-29-18-21-35(41-29)37(38(32)42-31)27-14-8-3-9-15-27/h1-24H. The van der Waals surface area contributed by atoms with Gasteiger partial charge in [-0.1, -0.05) is 91.0 Å². The highest BCUT2D eigenvalue weighted by Crippen LogP contribution is 2.37. The summed E-state index contributed by atoms with van der Waals surface area (Å²) in [7, 11) is 0. The van der Waals surface area contributed by atoms with Crippen molar-refractivity contribution in [3.63, 3.8) is 0 Å². The summed E-state index contributed by atoms with van der Waals surface area (Å²) in [6.45, 7) is 0. The second kappa shape index (κ2) is 10.0. The molecule has 0 spiro atoms. The Kier molecular flexibility index (Phi) is 5.75. The normalized spacial score (nSPS) is 18.5. The number of allylic oxidation sites excluding steroid dienone is 12. The maximum Gasteiger partial charge on any atom is 0.0816 e. The van der Waals surface area contributed by atoms with E-state index < -0.39 is 0 Å². The summed E-state index contributed by atoms with van der Waals surface area (Å²) in [6.07, 6.45) is 18.6. The zero-order chi connectivity index (χ0) is 27.9. The van der Waals surface area contributed by atoms with Crippen LogP contribution in [-0.2, 0) is 0 Å². The third kappa shape index (κ3) is 4.36. The van der Waals surface area contributed by atoms with Gasteiger partial charge in [0.2, 0.25) is 0 Å². The van der Waals surface area contributed by atoms with Crippen molar-refractivity contribution < 1.29 is 0 Å². The van der Waals surface area contributed by atoms with Crippen LogP contribution < -0.4 is 0 Å². The van der Waals surface area contributed by atoms with E-state index in [9.17, 15) is 0 Å². The van der Waals surface area contributed by atoms with E-state index in [1.807, 2.05) is 42.5 Å². The van der Waals surface area contributed by atoms with Gasteiger partial charge >= 0.3 is 0 Å². The lowest BCUT2D eigenvalue weighted by Crippen LogP contribution is -2.05. The zero-order valence-corrected chi connectivity index (χ0v) is 22.6. The Labute approximate surface area is 244 Å². The van der Waals surface area contributed by atoms with Crippen molar-refractivity contribution in [2.24, 2.45) is 20.0 Å². The minimum Gasteiger partial charge on any atom is -0.248 e. The summed E-state index contributed by atoms with van der Waals surface area (Å²) in [6, 6.07) is 31.1. The lowest BCUT2D eigenvalue weighted by molar-refractivity contribution is 1.41. The minimum absolute atomic E-state index is 0.849. The Balaban J connectivity index is 1.39. The molecule has 0 saturated carbocycles. The zero-order valence-electron chi connectivity index (χ0n) is 22.6. The van der Waals surface area contributed by atoms with Gasteiger partial charge in [-0.3, -0.25) is 0 Å². The number of benzene rings is 3. The Morgan fingerprint density at radius 2 is 0.929 bits per heavy atom. The van der Waals surface area contributed by atoms with Gasteiger partial charge in [0.15, 0.2) is 0 Å². The quantitative estimate of drug-likeness (QED) is 0.324. The molecule has 4 nitrogen and oxygen atoms in total. The van der Waals surface area contributed by atoms with Crippen molar-refractivity contribution in [1.82, 2.24) is 0 Å². The van der Waals surface area contributed by atoms with E-state index in [1.165, 1.54) is 0 Å². The average molecular weight is 537 g/mol. The molecule has 0 saturated heterocycles. The molecule has 3 aromatic carbocycles. The van der Waals surface area contributed by atoms with E-state index in [0.717, 1.165) is 79.0 Å². The predicted octanol–water partition coefficient (Wildman–Crippen LogP) is 8.16. The first kappa shape index (κ1) is 24.1. The van der Waals surface area contributed by atoms with Crippen LogP contribution in [0.15, 0.2) is 188 Å². The van der Waals surface area contributed by atoms with Crippen LogP contribution in [0.2, 0.25) is 0 Å². The molecule has 5 heterocycles. The highest BCUT2D eigenvalue weighted by Gasteiger charge is 2.26. The number of fused-ring (bicyclic) bond motifs is 4. The topological polar surface area (TPSA) is 49.4 Å². The van der Waals surface area contributed by atoms with E-state index in [2.05, 4.69) is 103 Å². The summed E-state index contributed by atoms with van der Waals surface area (Å²) in [4.78, 5) is 20.4. The van der Waals surface area contributed by atoms with Gasteiger partial charge in [-0.2, -0.15) is 0 Å². The Morgan fingerprint density at radius 1 is 0.381 bits per heavy atom. The summed E-state index contributed by atoms with van der Waals surface area (Å²) in [5.41, 5.74) is 13.2. The summed E-state index contributed by atoms with van der Waals surface area (Å²) in [5, 5.41) is 0. The molecule has 8 rings (SSSR count). The molecule has 0 N–H and O–H groups in total. The monoisotopic (exact) mass is 536 g/mol. The van der Waals surface area contributed by atoms with Crippen LogP contribution in [0.1, 0.15) is 16.7 Å². The Bertz CT molecular complexity index is 2020. The van der Waals surface area contributed by atoms with E-state index >= 15 is 0 Å². The number of hydrogen-bond donors (Lipinski definition) is 0. The van der Waals surface area contributed by atoms with Crippen LogP contribution in [0.3, 0.4) is 0 Å². The van der Waals surface area contributed by atoms with E-state index in [4.69, 9.17) is 20.0 Å². The van der Waals surface area contributed by atoms with Gasteiger partial charge in [0.25, 0.3) is 0 Å². The van der Waals surface area contributed by atoms with Crippen molar-refractivity contribution >= 4 is 39.6 Å². The number of hydrogen-bond acceptors (Lipinski definition) is 4. The molecule has 0 fully saturated rings. The smallest absolute Gasteiger partial charge is 0.0816 e. The number of aliphatic imine (C=N–C) groups is 4. The largest absolute Gasteiger partial charge is 0.248 e. The highest BCUT2D eigenvalue weighted by atomic mass is 14.9. The van der Waals surface area contributed by atoms with E-state index in [1.54, 1.807) is 0 Å². The van der Waals surface area contributed by atoms with Gasteiger partial charge in [0.05, 0.1) is 45.6 Å². The van der Waals surface area contributed by atoms with Gasteiger partial charge in [-0.15, -0.1) is 0 Å². The molecule has 4 heteroatoms. The average Bonchev–Trinajstić information content (AvgIpc) is 3.85. The molecule has 3 aromatic rings. The lowest BCUT2D eigenvalue weighted by Gasteiger charge is -2.13. The van der Waals surface area contributed by atoms with Crippen molar-refractivity contribution in [1.29, 1.82) is 0 Å². The predicted molar refractivity (Wildman–Crippen MR) is 174 cm³/mol. The van der Waals surface area contributed by atoms with Crippen molar-refractivity contribution in [2.45, 2.75) is 0 Å². The van der Waals surface area contributed by atoms with E-state index in [-0.39, 0.29) is 0 Å². The van der Waals surface area contributed by atoms with Crippen molar-refractivity contribution in [2.75, 3.05) is 0 Å². The van der Waals surface area contributed by atoms with Gasteiger partial charge in [-0.25, -0.2) is 20.0 Å². The fourth-order valence-corrected chi connectivity index (χ4v) is 5.68. The van der Waals surface area contributed by atoms with E-state index in [0.29, 0.717) is 0 Å². The Hall–Kier alpha value is -5.74. The second-order valence-electron chi connectivity index (χ2n) is 10.3. The summed E-state index contributed by atoms with van der Waals surface area (Å²) < 4.78 is 0. The van der Waals surface area contributed by atoms with Gasteiger partial charge < -0.3 is 0 Å². The molecule has 0 atom stereocenters. The molecule has 42 heavy (non-hydrogen) atoms. The molecule has 0 aromatic heterocycles. The molecule has 0 aliphatic carbocycles. The Morgan fingerprint density at radius 3 is 1.57 bits per heavy atom. The first-order valence-corrected chi connectivity index (χ1v) is 14.0. The minimum atomic E-state index is 0.849. The van der Waals surface area contributed by atoms with Crippen LogP contribution in [0, 0.1) is 0 Å². The molecule has 0 amide bonds. The third-order valence-electron chi connectivity index (χ3n) is 7.58. The van der Waals surface area contributed by atoms with Crippen LogP contribution in [-0.4, -0.2) is 22.8 Å². The molecule has 0 radical (unpaired) electrons. The number of rotatable bonds is 3. The van der Waals surface area contributed by atoms with Crippen LogP contribution in [0.25, 0.3) is 16.7 Å². The second-order valence-corrected chi connectivity index (χ2v) is 10.3. The molecule has 5 aliphatic rings. The summed E-state index contributed by atoms with van der Waals surface area (Å²) in [5.74, 6) is 0. The molecule has 5 aliphatic heterocycles. The summed E-state index contributed by atoms with van der Waals surface area (Å²) >= 11 is 0. The van der Waals surface area contributed by atoms with Gasteiger partial charge in [0.1, 0.15) is 0 Å².